The lowest BCUT2D eigenvalue weighted by Gasteiger charge is -2.08. The molecule has 1 aliphatic carbocycles. The maximum Gasteiger partial charge on any atom is 0.351 e. The van der Waals surface area contributed by atoms with Crippen LogP contribution in [-0.2, 0) is 0 Å². The third-order valence-corrected chi connectivity index (χ3v) is 4.87. The highest BCUT2D eigenvalue weighted by Gasteiger charge is 2.22. The highest BCUT2D eigenvalue weighted by molar-refractivity contribution is 6.30. The number of H-pyrrole nitrogens is 1. The fourth-order valence-corrected chi connectivity index (χ4v) is 3.28. The summed E-state index contributed by atoms with van der Waals surface area (Å²) in [6.07, 6.45) is 4.05. The maximum absolute atomic E-state index is 12.7. The predicted molar refractivity (Wildman–Crippen MR) is 111 cm³/mol. The van der Waals surface area contributed by atoms with Crippen molar-refractivity contribution in [1.29, 1.82) is 0 Å². The molecular formula is C21H18ClN6O+. The fraction of sp³-hybridized carbons (Fsp3) is 0.143. The summed E-state index contributed by atoms with van der Waals surface area (Å²) in [5.74, 6) is 1.12. The number of anilines is 2. The van der Waals surface area contributed by atoms with Crippen molar-refractivity contribution >= 4 is 34.7 Å². The normalized spacial score (nSPS) is 13.4. The number of nitrogens with zero attached hydrogens (tertiary/aromatic N) is 3. The van der Waals surface area contributed by atoms with Crippen LogP contribution in [0.5, 0.6) is 0 Å². The van der Waals surface area contributed by atoms with Crippen LogP contribution < -0.4 is 15.1 Å². The van der Waals surface area contributed by atoms with E-state index in [1.807, 2.05) is 48.7 Å². The number of hydrogen-bond acceptors (Lipinski definition) is 4. The number of hydrogen-bond donors (Lipinski definition) is 3. The molecule has 3 aromatic heterocycles. The lowest BCUT2D eigenvalue weighted by Crippen LogP contribution is -2.23. The average Bonchev–Trinajstić information content (AvgIpc) is 3.43. The Morgan fingerprint density at radius 2 is 1.93 bits per heavy atom. The van der Waals surface area contributed by atoms with E-state index in [9.17, 15) is 4.79 Å². The Balaban J connectivity index is 1.38. The van der Waals surface area contributed by atoms with Crippen LogP contribution in [0.25, 0.3) is 17.0 Å². The van der Waals surface area contributed by atoms with Crippen molar-refractivity contribution in [2.45, 2.75) is 18.9 Å². The van der Waals surface area contributed by atoms with E-state index in [-0.39, 0.29) is 11.1 Å². The van der Waals surface area contributed by atoms with Crippen molar-refractivity contribution in [2.24, 2.45) is 0 Å². The molecule has 1 amide bonds. The molecule has 0 atom stereocenters. The Morgan fingerprint density at radius 3 is 2.72 bits per heavy atom. The Morgan fingerprint density at radius 1 is 1.10 bits per heavy atom. The molecule has 0 aliphatic heterocycles. The summed E-state index contributed by atoms with van der Waals surface area (Å²) < 4.78 is 1.80. The largest absolute Gasteiger partial charge is 0.367 e. The van der Waals surface area contributed by atoms with Gasteiger partial charge < -0.3 is 10.6 Å². The summed E-state index contributed by atoms with van der Waals surface area (Å²) in [6, 6.07) is 17.2. The van der Waals surface area contributed by atoms with Gasteiger partial charge in [0.05, 0.1) is 11.8 Å². The van der Waals surface area contributed by atoms with Crippen LogP contribution in [0.2, 0.25) is 5.15 Å². The zero-order valence-corrected chi connectivity index (χ0v) is 16.1. The van der Waals surface area contributed by atoms with Gasteiger partial charge in [-0.2, -0.15) is 5.10 Å². The summed E-state index contributed by atoms with van der Waals surface area (Å²) in [7, 11) is 0. The topological polar surface area (TPSA) is 86.8 Å². The van der Waals surface area contributed by atoms with Gasteiger partial charge in [0.2, 0.25) is 0 Å². The van der Waals surface area contributed by atoms with Crippen LogP contribution in [-0.4, -0.2) is 27.0 Å². The average molecular weight is 406 g/mol. The van der Waals surface area contributed by atoms with Crippen LogP contribution in [0.4, 0.5) is 11.5 Å². The molecule has 1 fully saturated rings. The lowest BCUT2D eigenvalue weighted by molar-refractivity contribution is -0.576. The fourth-order valence-electron chi connectivity index (χ4n) is 3.07. The molecule has 3 heterocycles. The molecule has 0 unspecified atom stereocenters. The molecule has 1 saturated carbocycles. The third-order valence-electron chi connectivity index (χ3n) is 4.68. The van der Waals surface area contributed by atoms with Crippen LogP contribution in [0.1, 0.15) is 23.2 Å². The molecule has 29 heavy (non-hydrogen) atoms. The molecule has 0 radical (unpaired) electrons. The van der Waals surface area contributed by atoms with Gasteiger partial charge in [0.15, 0.2) is 0 Å². The second-order valence-electron chi connectivity index (χ2n) is 7.02. The molecule has 5 rings (SSSR count). The zero-order chi connectivity index (χ0) is 19.8. The van der Waals surface area contributed by atoms with Crippen LogP contribution in [0.3, 0.4) is 0 Å². The third kappa shape index (κ3) is 3.90. The smallest absolute Gasteiger partial charge is 0.351 e. The van der Waals surface area contributed by atoms with Gasteiger partial charge in [-0.1, -0.05) is 29.8 Å². The van der Waals surface area contributed by atoms with Gasteiger partial charge in [-0.3, -0.25) is 4.79 Å². The molecule has 7 nitrogen and oxygen atoms in total. The second-order valence-corrected chi connectivity index (χ2v) is 7.41. The standard InChI is InChI=1S/C21H17ClN6O/c22-17-10-14(11-18(25-17)23-15-6-7-15)21(29)24-16-8-9-28-19(12-16)26-20(27-28)13-4-2-1-3-5-13/h1-5,8-12,15H,6-7H2,(H2,23,24,25,26,27,29)/p+1. The van der Waals surface area contributed by atoms with E-state index in [1.54, 1.807) is 16.6 Å². The van der Waals surface area contributed by atoms with Gasteiger partial charge in [0.25, 0.3) is 11.7 Å². The minimum Gasteiger partial charge on any atom is -0.367 e. The molecule has 144 valence electrons. The highest BCUT2D eigenvalue weighted by atomic mass is 35.5. The van der Waals surface area contributed by atoms with Crippen molar-refractivity contribution in [3.8, 4) is 11.4 Å². The number of carbonyl (C=O) groups excluding carboxylic acids is 1. The molecule has 3 N–H and O–H groups in total. The number of benzene rings is 1. The molecule has 4 aromatic rings. The molecule has 0 spiro atoms. The zero-order valence-electron chi connectivity index (χ0n) is 15.4. The number of aromatic amines is 1. The van der Waals surface area contributed by atoms with E-state index in [4.69, 9.17) is 11.6 Å². The highest BCUT2D eigenvalue weighted by Crippen LogP contribution is 2.25. The van der Waals surface area contributed by atoms with E-state index in [0.717, 1.165) is 24.2 Å². The molecule has 0 saturated heterocycles. The SMILES string of the molecule is O=C(Nc1cc[n+]2[nH]c(-c3ccccc3)nc2c1)c1cc(Cl)nc(NC2CC2)c1. The first-order valence-corrected chi connectivity index (χ1v) is 9.74. The van der Waals surface area contributed by atoms with Crippen molar-refractivity contribution in [1.82, 2.24) is 15.1 Å². The minimum absolute atomic E-state index is 0.253. The number of amides is 1. The van der Waals surface area contributed by atoms with E-state index in [0.29, 0.717) is 28.8 Å². The maximum atomic E-state index is 12.7. The van der Waals surface area contributed by atoms with Gasteiger partial charge in [0.1, 0.15) is 17.2 Å². The van der Waals surface area contributed by atoms with Crippen LogP contribution in [0, 0.1) is 0 Å². The Bertz CT molecular complexity index is 1200. The Hall–Kier alpha value is -3.45. The number of nitrogens with one attached hydrogen (secondary N) is 3. The first-order chi connectivity index (χ1) is 14.1. The molecular weight excluding hydrogens is 388 g/mol. The van der Waals surface area contributed by atoms with Crippen molar-refractivity contribution < 1.29 is 9.31 Å². The van der Waals surface area contributed by atoms with Gasteiger partial charge >= 0.3 is 5.65 Å². The second kappa shape index (κ2) is 7.18. The van der Waals surface area contributed by atoms with Crippen molar-refractivity contribution in [3.63, 3.8) is 0 Å². The van der Waals surface area contributed by atoms with E-state index < -0.39 is 0 Å². The number of rotatable bonds is 5. The Kier molecular flexibility index (Phi) is 4.37. The van der Waals surface area contributed by atoms with Crippen molar-refractivity contribution in [2.75, 3.05) is 10.6 Å². The van der Waals surface area contributed by atoms with Crippen LogP contribution >= 0.6 is 11.6 Å². The number of halogens is 1. The summed E-state index contributed by atoms with van der Waals surface area (Å²) in [4.78, 5) is 21.6. The number of pyridine rings is 2. The Labute approximate surface area is 171 Å². The van der Waals surface area contributed by atoms with Gasteiger partial charge in [-0.05, 0) is 42.1 Å². The summed E-state index contributed by atoms with van der Waals surface area (Å²) >= 11 is 6.09. The summed E-state index contributed by atoms with van der Waals surface area (Å²) in [5.41, 5.74) is 2.79. The predicted octanol–water partition coefficient (Wildman–Crippen LogP) is 3.69. The number of aromatic nitrogens is 4. The van der Waals surface area contributed by atoms with Gasteiger partial charge in [-0.15, -0.1) is 4.52 Å². The van der Waals surface area contributed by atoms with E-state index >= 15 is 0 Å². The summed E-state index contributed by atoms with van der Waals surface area (Å²) in [5, 5.41) is 9.67. The summed E-state index contributed by atoms with van der Waals surface area (Å²) in [6.45, 7) is 0. The van der Waals surface area contributed by atoms with Gasteiger partial charge in [-0.25, -0.2) is 4.98 Å². The minimum atomic E-state index is -0.253. The van der Waals surface area contributed by atoms with Gasteiger partial charge in [0, 0.05) is 23.2 Å². The van der Waals surface area contributed by atoms with Crippen molar-refractivity contribution in [3.05, 3.63) is 71.5 Å². The first-order valence-electron chi connectivity index (χ1n) is 9.36. The van der Waals surface area contributed by atoms with E-state index in [1.165, 1.54) is 0 Å². The van der Waals surface area contributed by atoms with E-state index in [2.05, 4.69) is 25.7 Å². The lowest BCUT2D eigenvalue weighted by atomic mass is 10.2. The first kappa shape index (κ1) is 17.6. The molecule has 1 aromatic carbocycles. The quantitative estimate of drug-likeness (QED) is 0.349. The van der Waals surface area contributed by atoms with Crippen LogP contribution in [0.15, 0.2) is 60.8 Å². The molecule has 0 bridgehead atoms. The number of carbonyl (C=O) groups is 1. The molecule has 1 aliphatic rings. The monoisotopic (exact) mass is 405 g/mol. The number of fused-ring (bicyclic) bond motifs is 1. The molecule has 8 heteroatoms.